The summed E-state index contributed by atoms with van der Waals surface area (Å²) in [4.78, 5) is 11.8. The molecular formula is C19H25NO4S. The summed E-state index contributed by atoms with van der Waals surface area (Å²) in [5.74, 6) is -0.0370. The van der Waals surface area contributed by atoms with Crippen molar-refractivity contribution in [3.8, 4) is 0 Å². The molecule has 0 N–H and O–H groups in total. The van der Waals surface area contributed by atoms with Crippen molar-refractivity contribution in [1.82, 2.24) is 0 Å². The molecule has 1 saturated carbocycles. The molecule has 0 aromatic heterocycles. The molecule has 6 heteroatoms. The van der Waals surface area contributed by atoms with Crippen LogP contribution in [0.4, 0.5) is 0 Å². The zero-order chi connectivity index (χ0) is 18.4. The molecule has 1 aromatic carbocycles. The summed E-state index contributed by atoms with van der Waals surface area (Å²) >= 11 is 0. The van der Waals surface area contributed by atoms with E-state index in [0.29, 0.717) is 5.56 Å². The van der Waals surface area contributed by atoms with E-state index >= 15 is 0 Å². The van der Waals surface area contributed by atoms with Crippen LogP contribution in [0.5, 0.6) is 0 Å². The Hall–Kier alpha value is -1.69. The van der Waals surface area contributed by atoms with E-state index < -0.39 is 14.8 Å². The monoisotopic (exact) mass is 363 g/mol. The first-order chi connectivity index (χ1) is 11.6. The summed E-state index contributed by atoms with van der Waals surface area (Å²) in [6.07, 6.45) is 3.44. The van der Waals surface area contributed by atoms with Crippen LogP contribution in [0.1, 0.15) is 55.1 Å². The first-order valence-electron chi connectivity index (χ1n) is 8.67. The van der Waals surface area contributed by atoms with E-state index in [9.17, 15) is 13.2 Å². The smallest absolute Gasteiger partial charge is 0.337 e. The van der Waals surface area contributed by atoms with Gasteiger partial charge in [-0.15, -0.1) is 0 Å². The summed E-state index contributed by atoms with van der Waals surface area (Å²) in [5.41, 5.74) is 3.65. The molecule has 2 aliphatic carbocycles. The molecule has 0 saturated heterocycles. The Morgan fingerprint density at radius 1 is 1.12 bits per heavy atom. The third-order valence-corrected chi connectivity index (χ3v) is 7.26. The largest absolute Gasteiger partial charge is 0.465 e. The summed E-state index contributed by atoms with van der Waals surface area (Å²) < 4.78 is 33.3. The van der Waals surface area contributed by atoms with Crippen LogP contribution in [0.15, 0.2) is 22.6 Å². The van der Waals surface area contributed by atoms with Crippen LogP contribution in [0.25, 0.3) is 0 Å². The number of rotatable bonds is 2. The Balaban J connectivity index is 1.98. The molecule has 1 fully saturated rings. The highest BCUT2D eigenvalue weighted by atomic mass is 32.2. The number of benzene rings is 1. The van der Waals surface area contributed by atoms with Crippen LogP contribution < -0.4 is 0 Å². The van der Waals surface area contributed by atoms with Crippen LogP contribution in [0, 0.1) is 11.8 Å². The van der Waals surface area contributed by atoms with Crippen molar-refractivity contribution >= 4 is 21.7 Å². The second kappa shape index (κ2) is 6.24. The predicted molar refractivity (Wildman–Crippen MR) is 97.5 cm³/mol. The lowest BCUT2D eigenvalue weighted by atomic mass is 9.92. The number of hydrogen-bond acceptors (Lipinski definition) is 4. The average Bonchev–Trinajstić information content (AvgIpc) is 2.79. The van der Waals surface area contributed by atoms with Crippen molar-refractivity contribution in [2.45, 2.75) is 51.2 Å². The second-order valence-electron chi connectivity index (χ2n) is 7.96. The summed E-state index contributed by atoms with van der Waals surface area (Å²) in [6, 6.07) is 5.64. The van der Waals surface area contributed by atoms with Gasteiger partial charge < -0.3 is 4.74 Å². The van der Waals surface area contributed by atoms with Gasteiger partial charge in [0.2, 0.25) is 0 Å². The number of carbonyl (C=O) groups is 1. The molecular weight excluding hydrogens is 338 g/mol. The lowest BCUT2D eigenvalue weighted by molar-refractivity contribution is 0.0600. The van der Waals surface area contributed by atoms with Gasteiger partial charge in [0.15, 0.2) is 0 Å². The number of sulfonamides is 1. The zero-order valence-electron chi connectivity index (χ0n) is 15.2. The standard InChI is InChI=1S/C19H25NO4S/c1-19(2,3)25(22,23)20-17-13-6-7-14(17)10-16-11-15(18(21)24-4)8-5-12(16)9-13/h5,8,11,13-14H,6-7,9-10H2,1-4H3. The SMILES string of the molecule is COC(=O)c1ccc2c(c1)CC1CCC(C2)C1=NS(=O)(=O)C(C)(C)C. The normalized spacial score (nSPS) is 24.7. The fourth-order valence-corrected chi connectivity index (χ4v) is 4.51. The molecule has 2 aliphatic rings. The van der Waals surface area contributed by atoms with Crippen LogP contribution in [0.3, 0.4) is 0 Å². The van der Waals surface area contributed by atoms with Crippen molar-refractivity contribution in [3.05, 3.63) is 34.9 Å². The Morgan fingerprint density at radius 3 is 2.28 bits per heavy atom. The van der Waals surface area contributed by atoms with Gasteiger partial charge in [0.1, 0.15) is 0 Å². The topological polar surface area (TPSA) is 72.8 Å². The fraction of sp³-hybridized carbons (Fsp3) is 0.579. The first-order valence-corrected chi connectivity index (χ1v) is 10.1. The van der Waals surface area contributed by atoms with Gasteiger partial charge in [-0.25, -0.2) is 13.2 Å². The summed E-state index contributed by atoms with van der Waals surface area (Å²) in [5, 5.41) is 0. The summed E-state index contributed by atoms with van der Waals surface area (Å²) in [7, 11) is -2.17. The molecule has 2 atom stereocenters. The molecule has 0 heterocycles. The van der Waals surface area contributed by atoms with Gasteiger partial charge >= 0.3 is 5.97 Å². The molecule has 136 valence electrons. The molecule has 5 nitrogen and oxygen atoms in total. The average molecular weight is 363 g/mol. The zero-order valence-corrected chi connectivity index (χ0v) is 16.0. The van der Waals surface area contributed by atoms with Gasteiger partial charge in [0, 0.05) is 17.5 Å². The third kappa shape index (κ3) is 3.36. The Bertz CT molecular complexity index is 833. The number of nitrogens with zero attached hydrogens (tertiary/aromatic N) is 1. The number of carbonyl (C=O) groups excluding carboxylic acids is 1. The van der Waals surface area contributed by atoms with E-state index in [4.69, 9.17) is 4.74 Å². The maximum atomic E-state index is 12.6. The first kappa shape index (κ1) is 18.1. The van der Waals surface area contributed by atoms with Gasteiger partial charge in [0.05, 0.1) is 17.4 Å². The quantitative estimate of drug-likeness (QED) is 0.757. The van der Waals surface area contributed by atoms with Gasteiger partial charge in [0.25, 0.3) is 10.0 Å². The fourth-order valence-electron chi connectivity index (χ4n) is 3.66. The molecule has 3 rings (SSSR count). The number of ether oxygens (including phenoxy) is 1. The van der Waals surface area contributed by atoms with Crippen molar-refractivity contribution in [1.29, 1.82) is 0 Å². The maximum absolute atomic E-state index is 12.6. The van der Waals surface area contributed by atoms with Gasteiger partial charge in [-0.3, -0.25) is 0 Å². The molecule has 0 amide bonds. The third-order valence-electron chi connectivity index (χ3n) is 5.26. The highest BCUT2D eigenvalue weighted by Crippen LogP contribution is 2.39. The second-order valence-corrected chi connectivity index (χ2v) is 10.3. The van der Waals surface area contributed by atoms with Crippen LogP contribution >= 0.6 is 0 Å². The minimum atomic E-state index is -3.54. The highest BCUT2D eigenvalue weighted by Gasteiger charge is 2.39. The van der Waals surface area contributed by atoms with E-state index in [-0.39, 0.29) is 17.8 Å². The summed E-state index contributed by atoms with van der Waals surface area (Å²) in [6.45, 7) is 5.05. The number of fused-ring (bicyclic) bond motifs is 3. The van der Waals surface area contributed by atoms with Crippen LogP contribution in [-0.4, -0.2) is 32.0 Å². The van der Waals surface area contributed by atoms with Crippen molar-refractivity contribution in [2.75, 3.05) is 7.11 Å². The Morgan fingerprint density at radius 2 is 1.72 bits per heavy atom. The van der Waals surface area contributed by atoms with Gasteiger partial charge in [-0.05, 0) is 69.7 Å². The van der Waals surface area contributed by atoms with Crippen molar-refractivity contribution in [3.63, 3.8) is 0 Å². The molecule has 2 unspecified atom stereocenters. The molecule has 0 spiro atoms. The van der Waals surface area contributed by atoms with Crippen LogP contribution in [0.2, 0.25) is 0 Å². The Kier molecular flexibility index (Phi) is 4.52. The molecule has 1 aromatic rings. The molecule has 0 aliphatic heterocycles. The maximum Gasteiger partial charge on any atom is 0.337 e. The number of hydrogen-bond donors (Lipinski definition) is 0. The van der Waals surface area contributed by atoms with Crippen molar-refractivity contribution in [2.24, 2.45) is 16.2 Å². The minimum absolute atomic E-state index is 0.135. The molecule has 2 bridgehead atoms. The lowest BCUT2D eigenvalue weighted by Crippen LogP contribution is -2.28. The highest BCUT2D eigenvalue weighted by molar-refractivity contribution is 7.91. The number of esters is 1. The van der Waals surface area contributed by atoms with E-state index in [2.05, 4.69) is 4.40 Å². The number of methoxy groups -OCH3 is 1. The van der Waals surface area contributed by atoms with E-state index in [1.807, 2.05) is 12.1 Å². The van der Waals surface area contributed by atoms with Crippen molar-refractivity contribution < 1.29 is 17.9 Å². The Labute approximate surface area is 149 Å². The molecule has 25 heavy (non-hydrogen) atoms. The van der Waals surface area contributed by atoms with E-state index in [0.717, 1.165) is 37.0 Å². The lowest BCUT2D eigenvalue weighted by Gasteiger charge is -2.18. The molecule has 0 radical (unpaired) electrons. The van der Waals surface area contributed by atoms with E-state index in [1.54, 1.807) is 26.8 Å². The minimum Gasteiger partial charge on any atom is -0.465 e. The van der Waals surface area contributed by atoms with Crippen LogP contribution in [-0.2, 0) is 27.6 Å². The van der Waals surface area contributed by atoms with Gasteiger partial charge in [-0.1, -0.05) is 6.07 Å². The van der Waals surface area contributed by atoms with Gasteiger partial charge in [-0.2, -0.15) is 4.40 Å². The predicted octanol–water partition coefficient (Wildman–Crippen LogP) is 3.17. The van der Waals surface area contributed by atoms with E-state index in [1.165, 1.54) is 12.7 Å².